The maximum absolute atomic E-state index is 12.5. The molecule has 2 heterocycles. The molecule has 1 aromatic heterocycles. The molecule has 0 spiro atoms. The van der Waals surface area contributed by atoms with E-state index in [-0.39, 0.29) is 5.91 Å². The minimum absolute atomic E-state index is 0.109. The Balaban J connectivity index is 1.27. The zero-order valence-corrected chi connectivity index (χ0v) is 17.6. The minimum Gasteiger partial charge on any atom is -0.486 e. The first-order valence-corrected chi connectivity index (χ1v) is 10.9. The third-order valence-electron chi connectivity index (χ3n) is 5.75. The van der Waals surface area contributed by atoms with Gasteiger partial charge in [-0.3, -0.25) is 4.79 Å². The van der Waals surface area contributed by atoms with Gasteiger partial charge in [0.15, 0.2) is 5.76 Å². The molecule has 0 radical (unpaired) electrons. The van der Waals surface area contributed by atoms with Crippen LogP contribution in [-0.4, -0.2) is 24.2 Å². The van der Waals surface area contributed by atoms with Gasteiger partial charge in [-0.25, -0.2) is 0 Å². The fourth-order valence-corrected chi connectivity index (χ4v) is 4.05. The molecule has 1 aliphatic rings. The Kier molecular flexibility index (Phi) is 7.34. The SMILES string of the molecule is O=C(C[C@@H]1CCNC[C@@H]1Cc1cc(COc2ccccc2)on1)NCc1ccccc1. The first-order valence-electron chi connectivity index (χ1n) is 10.9. The lowest BCUT2D eigenvalue weighted by atomic mass is 9.81. The molecular formula is C25H29N3O3. The number of para-hydroxylation sites is 1. The van der Waals surface area contributed by atoms with E-state index in [0.717, 1.165) is 42.9 Å². The van der Waals surface area contributed by atoms with Crippen LogP contribution in [0.5, 0.6) is 5.75 Å². The van der Waals surface area contributed by atoms with Gasteiger partial charge in [0.05, 0.1) is 5.69 Å². The largest absolute Gasteiger partial charge is 0.486 e. The van der Waals surface area contributed by atoms with E-state index in [2.05, 4.69) is 15.8 Å². The van der Waals surface area contributed by atoms with E-state index in [0.29, 0.717) is 37.2 Å². The Morgan fingerprint density at radius 1 is 1.10 bits per heavy atom. The standard InChI is InChI=1S/C25H29N3O3/c29-25(27-16-19-7-3-1-4-8-19)14-20-11-12-26-17-21(20)13-22-15-24(31-28-22)18-30-23-9-5-2-6-10-23/h1-10,15,20-21,26H,11-14,16-18H2,(H,27,29)/t20-,21-/m0/s1. The zero-order chi connectivity index (χ0) is 21.3. The highest BCUT2D eigenvalue weighted by Crippen LogP contribution is 2.26. The molecule has 0 saturated carbocycles. The number of nitrogens with zero attached hydrogens (tertiary/aromatic N) is 1. The number of piperidine rings is 1. The van der Waals surface area contributed by atoms with Crippen molar-refractivity contribution in [2.75, 3.05) is 13.1 Å². The van der Waals surface area contributed by atoms with E-state index in [1.54, 1.807) is 0 Å². The lowest BCUT2D eigenvalue weighted by Crippen LogP contribution is -2.40. The van der Waals surface area contributed by atoms with Crippen molar-refractivity contribution in [3.8, 4) is 5.75 Å². The van der Waals surface area contributed by atoms with E-state index in [1.165, 1.54) is 0 Å². The van der Waals surface area contributed by atoms with Gasteiger partial charge in [-0.2, -0.15) is 0 Å². The molecule has 1 fully saturated rings. The van der Waals surface area contributed by atoms with Crippen LogP contribution in [0.3, 0.4) is 0 Å². The summed E-state index contributed by atoms with van der Waals surface area (Å²) in [7, 11) is 0. The summed E-state index contributed by atoms with van der Waals surface area (Å²) in [5.74, 6) is 2.30. The second-order valence-corrected chi connectivity index (χ2v) is 8.07. The third kappa shape index (κ3) is 6.43. The molecule has 0 unspecified atom stereocenters. The normalized spacial score (nSPS) is 18.5. The number of rotatable bonds is 9. The maximum Gasteiger partial charge on any atom is 0.220 e. The quantitative estimate of drug-likeness (QED) is 0.553. The molecular weight excluding hydrogens is 390 g/mol. The molecule has 6 heteroatoms. The summed E-state index contributed by atoms with van der Waals surface area (Å²) in [5, 5.41) is 10.7. The van der Waals surface area contributed by atoms with Crippen LogP contribution in [0.2, 0.25) is 0 Å². The van der Waals surface area contributed by atoms with E-state index in [1.807, 2.05) is 66.7 Å². The molecule has 0 aliphatic carbocycles. The first-order chi connectivity index (χ1) is 15.3. The number of aromatic nitrogens is 1. The van der Waals surface area contributed by atoms with Crippen molar-refractivity contribution in [3.05, 3.63) is 83.7 Å². The number of ether oxygens (including phenoxy) is 1. The molecule has 2 atom stereocenters. The Morgan fingerprint density at radius 3 is 2.68 bits per heavy atom. The second kappa shape index (κ2) is 10.8. The Labute approximate surface area is 183 Å². The third-order valence-corrected chi connectivity index (χ3v) is 5.75. The average Bonchev–Trinajstić information content (AvgIpc) is 3.26. The molecule has 1 amide bonds. The van der Waals surface area contributed by atoms with Gasteiger partial charge in [0.2, 0.25) is 5.91 Å². The van der Waals surface area contributed by atoms with E-state index >= 15 is 0 Å². The van der Waals surface area contributed by atoms with Crippen molar-refractivity contribution in [2.24, 2.45) is 11.8 Å². The van der Waals surface area contributed by atoms with Crippen LogP contribution in [0.25, 0.3) is 0 Å². The summed E-state index contributed by atoms with van der Waals surface area (Å²) >= 11 is 0. The second-order valence-electron chi connectivity index (χ2n) is 8.07. The van der Waals surface area contributed by atoms with Gasteiger partial charge >= 0.3 is 0 Å². The highest BCUT2D eigenvalue weighted by Gasteiger charge is 2.28. The van der Waals surface area contributed by atoms with E-state index in [4.69, 9.17) is 9.26 Å². The fraction of sp³-hybridized carbons (Fsp3) is 0.360. The molecule has 1 saturated heterocycles. The number of nitrogens with one attached hydrogen (secondary N) is 2. The summed E-state index contributed by atoms with van der Waals surface area (Å²) in [6.07, 6.45) is 2.32. The Hall–Kier alpha value is -3.12. The number of carbonyl (C=O) groups excluding carboxylic acids is 1. The van der Waals surface area contributed by atoms with Crippen LogP contribution in [0.4, 0.5) is 0 Å². The molecule has 6 nitrogen and oxygen atoms in total. The van der Waals surface area contributed by atoms with Crippen molar-refractivity contribution in [1.29, 1.82) is 0 Å². The summed E-state index contributed by atoms with van der Waals surface area (Å²) in [4.78, 5) is 12.5. The van der Waals surface area contributed by atoms with Crippen LogP contribution in [0.1, 0.15) is 29.9 Å². The number of carbonyl (C=O) groups is 1. The molecule has 31 heavy (non-hydrogen) atoms. The monoisotopic (exact) mass is 419 g/mol. The fourth-order valence-electron chi connectivity index (χ4n) is 4.05. The zero-order valence-electron chi connectivity index (χ0n) is 17.6. The van der Waals surface area contributed by atoms with Crippen molar-refractivity contribution in [1.82, 2.24) is 15.8 Å². The lowest BCUT2D eigenvalue weighted by Gasteiger charge is -2.31. The smallest absolute Gasteiger partial charge is 0.220 e. The summed E-state index contributed by atoms with van der Waals surface area (Å²) in [6.45, 7) is 2.76. The summed E-state index contributed by atoms with van der Waals surface area (Å²) in [6, 6.07) is 21.6. The predicted octanol–water partition coefficient (Wildman–Crippen LogP) is 3.73. The number of hydrogen-bond donors (Lipinski definition) is 2. The van der Waals surface area contributed by atoms with Crippen molar-refractivity contribution in [3.63, 3.8) is 0 Å². The van der Waals surface area contributed by atoms with Crippen molar-refractivity contribution < 1.29 is 14.1 Å². The van der Waals surface area contributed by atoms with Crippen molar-refractivity contribution in [2.45, 2.75) is 32.4 Å². The molecule has 162 valence electrons. The number of hydrogen-bond acceptors (Lipinski definition) is 5. The molecule has 2 aromatic carbocycles. The van der Waals surface area contributed by atoms with Crippen LogP contribution >= 0.6 is 0 Å². The lowest BCUT2D eigenvalue weighted by molar-refractivity contribution is -0.122. The molecule has 2 N–H and O–H groups in total. The number of amides is 1. The van der Waals surface area contributed by atoms with Crippen LogP contribution < -0.4 is 15.4 Å². The minimum atomic E-state index is 0.109. The van der Waals surface area contributed by atoms with Gasteiger partial charge in [-0.15, -0.1) is 0 Å². The van der Waals surface area contributed by atoms with Crippen LogP contribution in [-0.2, 0) is 24.4 Å². The average molecular weight is 420 g/mol. The molecule has 4 rings (SSSR count). The number of benzene rings is 2. The summed E-state index contributed by atoms with van der Waals surface area (Å²) < 4.78 is 11.2. The Bertz CT molecular complexity index is 943. The maximum atomic E-state index is 12.5. The molecule has 0 bridgehead atoms. The Morgan fingerprint density at radius 2 is 1.87 bits per heavy atom. The van der Waals surface area contributed by atoms with Crippen LogP contribution in [0, 0.1) is 11.8 Å². The predicted molar refractivity (Wildman–Crippen MR) is 118 cm³/mol. The van der Waals surface area contributed by atoms with Crippen molar-refractivity contribution >= 4 is 5.91 Å². The van der Waals surface area contributed by atoms with Gasteiger partial charge in [0.25, 0.3) is 0 Å². The van der Waals surface area contributed by atoms with Gasteiger partial charge in [0, 0.05) is 19.0 Å². The first kappa shape index (κ1) is 21.1. The van der Waals surface area contributed by atoms with E-state index in [9.17, 15) is 4.79 Å². The van der Waals surface area contributed by atoms with Gasteiger partial charge in [-0.1, -0.05) is 53.7 Å². The van der Waals surface area contributed by atoms with E-state index < -0.39 is 0 Å². The van der Waals surface area contributed by atoms with Gasteiger partial charge < -0.3 is 19.9 Å². The van der Waals surface area contributed by atoms with Crippen LogP contribution in [0.15, 0.2) is 71.3 Å². The highest BCUT2D eigenvalue weighted by atomic mass is 16.5. The molecule has 3 aromatic rings. The topological polar surface area (TPSA) is 76.4 Å². The van der Waals surface area contributed by atoms with Gasteiger partial charge in [0.1, 0.15) is 12.4 Å². The highest BCUT2D eigenvalue weighted by molar-refractivity contribution is 5.76. The summed E-state index contributed by atoms with van der Waals surface area (Å²) in [5.41, 5.74) is 2.03. The molecule has 1 aliphatic heterocycles. The van der Waals surface area contributed by atoms with Gasteiger partial charge in [-0.05, 0) is 55.5 Å².